The Morgan fingerprint density at radius 3 is 2.50 bits per heavy atom. The van der Waals surface area contributed by atoms with Crippen molar-refractivity contribution in [2.45, 2.75) is 25.1 Å². The van der Waals surface area contributed by atoms with Crippen LogP contribution in [0.15, 0.2) is 0 Å². The summed E-state index contributed by atoms with van der Waals surface area (Å²) in [5.74, 6) is -0.0552. The average Bonchev–Trinajstić information content (AvgIpc) is 2.28. The maximum atomic E-state index is 10.4. The zero-order valence-electron chi connectivity index (χ0n) is 8.03. The first kappa shape index (κ1) is 12.2. The lowest BCUT2D eigenvalue weighted by atomic mass is 9.86. The monoisotopic (exact) mass is 224 g/mol. The van der Waals surface area contributed by atoms with Gasteiger partial charge in [-0.1, -0.05) is 6.92 Å². The molecular formula is C6H14BO6P. The van der Waals surface area contributed by atoms with Crippen LogP contribution in [0.25, 0.3) is 0 Å². The van der Waals surface area contributed by atoms with Crippen molar-refractivity contribution >= 4 is 15.7 Å². The summed E-state index contributed by atoms with van der Waals surface area (Å²) < 4.78 is 19.9. The molecule has 0 amide bonds. The number of phosphoric acid groups is 1. The number of hydrogen-bond acceptors (Lipinski definition) is 4. The summed E-state index contributed by atoms with van der Waals surface area (Å²) in [7, 11) is -2.68. The zero-order valence-corrected chi connectivity index (χ0v) is 8.92. The number of aliphatic hydroxyl groups excluding tert-OH is 1. The van der Waals surface area contributed by atoms with Crippen LogP contribution in [0.4, 0.5) is 0 Å². The first-order valence-electron chi connectivity index (χ1n) is 4.35. The second-order valence-electron chi connectivity index (χ2n) is 3.52. The molecule has 8 heteroatoms. The SMILES string of the molecule is B[C@@H]1OC(COP(=O)(O)O)[C@@H](O)C1C. The smallest absolute Gasteiger partial charge is 0.390 e. The summed E-state index contributed by atoms with van der Waals surface area (Å²) in [5.41, 5.74) is 0. The van der Waals surface area contributed by atoms with Crippen molar-refractivity contribution in [1.82, 2.24) is 0 Å². The van der Waals surface area contributed by atoms with Gasteiger partial charge >= 0.3 is 7.82 Å². The van der Waals surface area contributed by atoms with Gasteiger partial charge in [0.1, 0.15) is 14.0 Å². The van der Waals surface area contributed by atoms with E-state index >= 15 is 0 Å². The number of ether oxygens (including phenoxy) is 1. The third-order valence-corrected chi connectivity index (χ3v) is 2.94. The van der Waals surface area contributed by atoms with E-state index in [1.54, 1.807) is 7.85 Å². The summed E-state index contributed by atoms with van der Waals surface area (Å²) in [6.07, 6.45) is -1.40. The van der Waals surface area contributed by atoms with Crippen LogP contribution in [-0.2, 0) is 13.8 Å². The first-order chi connectivity index (χ1) is 6.31. The van der Waals surface area contributed by atoms with Gasteiger partial charge in [0.05, 0.1) is 12.7 Å². The van der Waals surface area contributed by atoms with Crippen LogP contribution in [0.5, 0.6) is 0 Å². The molecule has 0 bridgehead atoms. The maximum absolute atomic E-state index is 10.4. The Bertz CT molecular complexity index is 242. The predicted molar refractivity (Wildman–Crippen MR) is 50.4 cm³/mol. The van der Waals surface area contributed by atoms with Gasteiger partial charge in [-0.3, -0.25) is 4.52 Å². The quantitative estimate of drug-likeness (QED) is 0.396. The molecule has 0 aromatic rings. The fraction of sp³-hybridized carbons (Fsp3) is 1.00. The van der Waals surface area contributed by atoms with Crippen molar-refractivity contribution < 1.29 is 28.7 Å². The van der Waals surface area contributed by atoms with Gasteiger partial charge in [0, 0.05) is 11.9 Å². The van der Waals surface area contributed by atoms with Crippen molar-refractivity contribution in [3.63, 3.8) is 0 Å². The lowest BCUT2D eigenvalue weighted by molar-refractivity contribution is -0.00501. The second kappa shape index (κ2) is 4.30. The van der Waals surface area contributed by atoms with E-state index in [0.29, 0.717) is 0 Å². The van der Waals surface area contributed by atoms with Crippen LogP contribution in [0.1, 0.15) is 6.92 Å². The Kier molecular flexibility index (Phi) is 3.74. The normalized spacial score (nSPS) is 38.9. The molecular weight excluding hydrogens is 210 g/mol. The van der Waals surface area contributed by atoms with Gasteiger partial charge in [0.2, 0.25) is 0 Å². The van der Waals surface area contributed by atoms with E-state index in [0.717, 1.165) is 0 Å². The Labute approximate surface area is 82.9 Å². The Hall–Kier alpha value is 0.0949. The average molecular weight is 224 g/mol. The molecule has 0 aromatic carbocycles. The molecule has 1 aliphatic rings. The van der Waals surface area contributed by atoms with Gasteiger partial charge in [0.15, 0.2) is 0 Å². The Balaban J connectivity index is 2.44. The standard InChI is InChI=1S/C6H14BO6P/c1-3-5(8)4(13-6(3)7)2-12-14(9,10)11/h3-6,8H,2,7H2,1H3,(H2,9,10,11)/t3?,4?,5-,6+/m0/s1. The van der Waals surface area contributed by atoms with Gasteiger partial charge in [-0.2, -0.15) is 0 Å². The topological polar surface area (TPSA) is 96.2 Å². The third kappa shape index (κ3) is 3.05. The molecule has 0 aromatic heterocycles. The number of rotatable bonds is 3. The van der Waals surface area contributed by atoms with Crippen LogP contribution in [0.2, 0.25) is 0 Å². The van der Waals surface area contributed by atoms with Crippen LogP contribution < -0.4 is 0 Å². The molecule has 4 atom stereocenters. The van der Waals surface area contributed by atoms with Crippen molar-refractivity contribution in [2.24, 2.45) is 5.92 Å². The summed E-state index contributed by atoms with van der Waals surface area (Å²) in [6, 6.07) is -0.129. The van der Waals surface area contributed by atoms with Crippen molar-refractivity contribution in [2.75, 3.05) is 6.61 Å². The maximum Gasteiger partial charge on any atom is 0.469 e. The molecule has 1 rings (SSSR count). The summed E-state index contributed by atoms with van der Waals surface area (Å²) >= 11 is 0. The molecule has 82 valence electrons. The van der Waals surface area contributed by atoms with Crippen LogP contribution in [-0.4, -0.2) is 47.6 Å². The van der Waals surface area contributed by atoms with Gasteiger partial charge in [-0.25, -0.2) is 4.57 Å². The van der Waals surface area contributed by atoms with E-state index in [2.05, 4.69) is 4.52 Å². The van der Waals surface area contributed by atoms with Gasteiger partial charge < -0.3 is 19.6 Å². The van der Waals surface area contributed by atoms with Crippen molar-refractivity contribution in [3.05, 3.63) is 0 Å². The zero-order chi connectivity index (χ0) is 10.9. The van der Waals surface area contributed by atoms with Crippen molar-refractivity contribution in [3.8, 4) is 0 Å². The number of phosphoric ester groups is 1. The molecule has 6 nitrogen and oxygen atoms in total. The highest BCUT2D eigenvalue weighted by Gasteiger charge is 2.39. The van der Waals surface area contributed by atoms with Crippen LogP contribution in [0.3, 0.4) is 0 Å². The Morgan fingerprint density at radius 2 is 2.14 bits per heavy atom. The molecule has 1 aliphatic heterocycles. The number of hydrogen-bond donors (Lipinski definition) is 3. The summed E-state index contributed by atoms with van der Waals surface area (Å²) in [4.78, 5) is 16.9. The fourth-order valence-corrected chi connectivity index (χ4v) is 1.75. The molecule has 0 aliphatic carbocycles. The highest BCUT2D eigenvalue weighted by molar-refractivity contribution is 7.46. The lowest BCUT2D eigenvalue weighted by Crippen LogP contribution is -2.29. The summed E-state index contributed by atoms with van der Waals surface area (Å²) in [6.45, 7) is 1.52. The highest BCUT2D eigenvalue weighted by Crippen LogP contribution is 2.37. The summed E-state index contributed by atoms with van der Waals surface area (Å²) in [5, 5.41) is 9.57. The molecule has 0 spiro atoms. The first-order valence-corrected chi connectivity index (χ1v) is 5.88. The predicted octanol–water partition coefficient (Wildman–Crippen LogP) is -1.55. The van der Waals surface area contributed by atoms with E-state index in [4.69, 9.17) is 14.5 Å². The van der Waals surface area contributed by atoms with E-state index in [1.165, 1.54) is 0 Å². The molecule has 0 radical (unpaired) electrons. The second-order valence-corrected chi connectivity index (χ2v) is 4.76. The molecule has 1 fully saturated rings. The van der Waals surface area contributed by atoms with E-state index in [9.17, 15) is 9.67 Å². The van der Waals surface area contributed by atoms with Crippen molar-refractivity contribution in [1.29, 1.82) is 0 Å². The molecule has 3 N–H and O–H groups in total. The molecule has 1 saturated heterocycles. The molecule has 0 saturated carbocycles. The number of aliphatic hydroxyl groups is 1. The minimum absolute atomic E-state index is 0.0552. The lowest BCUT2D eigenvalue weighted by Gasteiger charge is -2.15. The molecule has 14 heavy (non-hydrogen) atoms. The van der Waals surface area contributed by atoms with Gasteiger partial charge in [-0.05, 0) is 0 Å². The van der Waals surface area contributed by atoms with E-state index < -0.39 is 20.0 Å². The highest BCUT2D eigenvalue weighted by atomic mass is 31.2. The van der Waals surface area contributed by atoms with Crippen LogP contribution >= 0.6 is 7.82 Å². The van der Waals surface area contributed by atoms with E-state index in [-0.39, 0.29) is 18.5 Å². The van der Waals surface area contributed by atoms with Gasteiger partial charge in [0.25, 0.3) is 0 Å². The Morgan fingerprint density at radius 1 is 1.57 bits per heavy atom. The molecule has 2 unspecified atom stereocenters. The fourth-order valence-electron chi connectivity index (χ4n) is 1.40. The van der Waals surface area contributed by atoms with Crippen LogP contribution in [0, 0.1) is 5.92 Å². The minimum atomic E-state index is -4.48. The van der Waals surface area contributed by atoms with E-state index in [1.807, 2.05) is 6.92 Å². The third-order valence-electron chi connectivity index (χ3n) is 2.46. The largest absolute Gasteiger partial charge is 0.469 e. The van der Waals surface area contributed by atoms with Gasteiger partial charge in [-0.15, -0.1) is 0 Å². The molecule has 1 heterocycles. The minimum Gasteiger partial charge on any atom is -0.390 e.